The molecular weight excluding hydrogens is 410 g/mol. The van der Waals surface area contributed by atoms with Crippen LogP contribution in [-0.2, 0) is 4.74 Å². The molecular formula is C17H16ClN3O6S. The lowest BCUT2D eigenvalue weighted by Gasteiger charge is -2.08. The molecule has 1 aromatic carbocycles. The van der Waals surface area contributed by atoms with Gasteiger partial charge in [-0.1, -0.05) is 11.6 Å². The number of nitro benzene ring substituents is 1. The van der Waals surface area contributed by atoms with E-state index in [0.717, 1.165) is 17.4 Å². The van der Waals surface area contributed by atoms with Crippen LogP contribution >= 0.6 is 22.9 Å². The average Bonchev–Trinajstić information content (AvgIpc) is 2.95. The molecule has 0 atom stereocenters. The minimum atomic E-state index is -0.821. The van der Waals surface area contributed by atoms with Crippen LogP contribution < -0.4 is 5.32 Å². The highest BCUT2D eigenvalue weighted by Crippen LogP contribution is 2.35. The third kappa shape index (κ3) is 4.12. The van der Waals surface area contributed by atoms with Gasteiger partial charge in [0, 0.05) is 25.2 Å². The Balaban J connectivity index is 2.53. The Bertz CT molecular complexity index is 986. The number of rotatable bonds is 5. The van der Waals surface area contributed by atoms with Crippen LogP contribution in [0.2, 0.25) is 5.02 Å². The van der Waals surface area contributed by atoms with Crippen molar-refractivity contribution in [2.24, 2.45) is 0 Å². The maximum absolute atomic E-state index is 12.6. The van der Waals surface area contributed by atoms with Crippen molar-refractivity contribution in [3.8, 4) is 0 Å². The van der Waals surface area contributed by atoms with E-state index in [-0.39, 0.29) is 31.9 Å². The van der Waals surface area contributed by atoms with E-state index in [0.29, 0.717) is 5.56 Å². The van der Waals surface area contributed by atoms with Crippen molar-refractivity contribution >= 4 is 51.4 Å². The van der Waals surface area contributed by atoms with E-state index in [1.165, 1.54) is 24.1 Å². The largest absolute Gasteiger partial charge is 0.465 e. The molecule has 2 amide bonds. The Hall–Kier alpha value is -2.98. The van der Waals surface area contributed by atoms with E-state index >= 15 is 0 Å². The lowest BCUT2D eigenvalue weighted by molar-refractivity contribution is -0.385. The molecule has 0 radical (unpaired) electrons. The van der Waals surface area contributed by atoms with Crippen LogP contribution in [0.4, 0.5) is 10.7 Å². The number of amides is 2. The molecule has 0 unspecified atom stereocenters. The summed E-state index contributed by atoms with van der Waals surface area (Å²) < 4.78 is 4.74. The molecule has 11 heteroatoms. The predicted octanol–water partition coefficient (Wildman–Crippen LogP) is 3.36. The zero-order chi connectivity index (χ0) is 21.2. The molecule has 2 rings (SSSR count). The molecule has 1 N–H and O–H groups in total. The second kappa shape index (κ2) is 8.36. The summed E-state index contributed by atoms with van der Waals surface area (Å²) in [5, 5.41) is 13.9. The molecule has 2 aromatic rings. The minimum absolute atomic E-state index is 0.0164. The molecule has 28 heavy (non-hydrogen) atoms. The third-order valence-electron chi connectivity index (χ3n) is 3.76. The summed E-state index contributed by atoms with van der Waals surface area (Å²) in [6.45, 7) is 1.56. The maximum Gasteiger partial charge on any atom is 0.341 e. The molecule has 0 saturated heterocycles. The van der Waals surface area contributed by atoms with Gasteiger partial charge in [0.2, 0.25) is 0 Å². The summed E-state index contributed by atoms with van der Waals surface area (Å²) in [5.41, 5.74) is -0.363. The van der Waals surface area contributed by atoms with Crippen LogP contribution in [-0.4, -0.2) is 48.8 Å². The quantitative estimate of drug-likeness (QED) is 0.445. The lowest BCUT2D eigenvalue weighted by atomic mass is 10.1. The van der Waals surface area contributed by atoms with Gasteiger partial charge in [-0.05, 0) is 24.6 Å². The first kappa shape index (κ1) is 21.3. The second-order valence-electron chi connectivity index (χ2n) is 5.82. The lowest BCUT2D eigenvalue weighted by Crippen LogP contribution is -2.21. The first-order valence-electron chi connectivity index (χ1n) is 7.77. The number of methoxy groups -OCH3 is 1. The average molecular weight is 426 g/mol. The van der Waals surface area contributed by atoms with Gasteiger partial charge in [-0.25, -0.2) is 4.79 Å². The van der Waals surface area contributed by atoms with Crippen molar-refractivity contribution in [1.82, 2.24) is 4.90 Å². The number of benzene rings is 1. The number of nitro groups is 1. The molecule has 1 aromatic heterocycles. The number of thiophene rings is 1. The van der Waals surface area contributed by atoms with Crippen molar-refractivity contribution in [2.45, 2.75) is 6.92 Å². The van der Waals surface area contributed by atoms with Crippen LogP contribution in [0.15, 0.2) is 18.2 Å². The third-order valence-corrected chi connectivity index (χ3v) is 5.20. The number of carbonyl (C=O) groups is 3. The summed E-state index contributed by atoms with van der Waals surface area (Å²) in [5.74, 6) is -1.92. The predicted molar refractivity (Wildman–Crippen MR) is 104 cm³/mol. The summed E-state index contributed by atoms with van der Waals surface area (Å²) in [7, 11) is 4.27. The SMILES string of the molecule is COC(=O)c1c(NC(=O)c2ccc(Cl)cc2[N+](=O)[O-])sc(C(=O)N(C)C)c1C. The molecule has 0 fully saturated rings. The standard InChI is InChI=1S/C17H16ClN3O6S/c1-8-12(17(24)27-4)15(28-13(8)16(23)20(2)3)19-14(22)10-6-5-9(18)7-11(10)21(25)26/h5-7H,1-4H3,(H,19,22). The fourth-order valence-electron chi connectivity index (χ4n) is 2.37. The van der Waals surface area contributed by atoms with E-state index in [1.54, 1.807) is 21.0 Å². The van der Waals surface area contributed by atoms with E-state index in [4.69, 9.17) is 16.3 Å². The molecule has 0 aliphatic rings. The summed E-state index contributed by atoms with van der Waals surface area (Å²) in [4.78, 5) is 49.2. The molecule has 1 heterocycles. The molecule has 148 valence electrons. The zero-order valence-corrected chi connectivity index (χ0v) is 16.9. The van der Waals surface area contributed by atoms with Gasteiger partial charge in [0.05, 0.1) is 22.5 Å². The van der Waals surface area contributed by atoms with Gasteiger partial charge in [-0.3, -0.25) is 19.7 Å². The van der Waals surface area contributed by atoms with Gasteiger partial charge in [-0.15, -0.1) is 11.3 Å². The highest BCUT2D eigenvalue weighted by molar-refractivity contribution is 7.18. The summed E-state index contributed by atoms with van der Waals surface area (Å²) in [6.07, 6.45) is 0. The summed E-state index contributed by atoms with van der Waals surface area (Å²) in [6, 6.07) is 3.60. The van der Waals surface area contributed by atoms with Crippen LogP contribution in [0, 0.1) is 17.0 Å². The van der Waals surface area contributed by atoms with Crippen molar-refractivity contribution in [3.05, 3.63) is 54.9 Å². The fraction of sp³-hybridized carbons (Fsp3) is 0.235. The van der Waals surface area contributed by atoms with Crippen LogP contribution in [0.1, 0.15) is 36.0 Å². The number of halogens is 1. The molecule has 0 bridgehead atoms. The van der Waals surface area contributed by atoms with Gasteiger partial charge in [0.15, 0.2) is 0 Å². The van der Waals surface area contributed by atoms with Gasteiger partial charge < -0.3 is 15.0 Å². The van der Waals surface area contributed by atoms with E-state index in [1.807, 2.05) is 0 Å². The van der Waals surface area contributed by atoms with E-state index in [9.17, 15) is 24.5 Å². The minimum Gasteiger partial charge on any atom is -0.465 e. The Morgan fingerprint density at radius 2 is 1.93 bits per heavy atom. The van der Waals surface area contributed by atoms with Crippen LogP contribution in [0.3, 0.4) is 0 Å². The topological polar surface area (TPSA) is 119 Å². The normalized spacial score (nSPS) is 10.3. The Morgan fingerprint density at radius 3 is 2.46 bits per heavy atom. The van der Waals surface area contributed by atoms with Crippen LogP contribution in [0.5, 0.6) is 0 Å². The van der Waals surface area contributed by atoms with Crippen molar-refractivity contribution in [3.63, 3.8) is 0 Å². The van der Waals surface area contributed by atoms with Gasteiger partial charge >= 0.3 is 5.97 Å². The number of esters is 1. The van der Waals surface area contributed by atoms with E-state index in [2.05, 4.69) is 5.32 Å². The Labute approximate surface area is 169 Å². The van der Waals surface area contributed by atoms with Gasteiger partial charge in [-0.2, -0.15) is 0 Å². The number of nitrogens with zero attached hydrogens (tertiary/aromatic N) is 2. The Kier molecular flexibility index (Phi) is 6.37. The van der Waals surface area contributed by atoms with Crippen molar-refractivity contribution in [2.75, 3.05) is 26.5 Å². The molecule has 0 aliphatic heterocycles. The monoisotopic (exact) mass is 425 g/mol. The van der Waals surface area contributed by atoms with Gasteiger partial charge in [0.1, 0.15) is 10.6 Å². The molecule has 0 saturated carbocycles. The number of ether oxygens (including phenoxy) is 1. The fourth-order valence-corrected chi connectivity index (χ4v) is 3.75. The number of anilines is 1. The molecule has 0 aliphatic carbocycles. The number of nitrogens with one attached hydrogen (secondary N) is 1. The summed E-state index contributed by atoms with van der Waals surface area (Å²) >= 11 is 6.65. The number of carbonyl (C=O) groups excluding carboxylic acids is 3. The van der Waals surface area contributed by atoms with Gasteiger partial charge in [0.25, 0.3) is 17.5 Å². The first-order valence-corrected chi connectivity index (χ1v) is 8.96. The van der Waals surface area contributed by atoms with Crippen LogP contribution in [0.25, 0.3) is 0 Å². The number of hydrogen-bond donors (Lipinski definition) is 1. The molecule has 0 spiro atoms. The zero-order valence-electron chi connectivity index (χ0n) is 15.4. The van der Waals surface area contributed by atoms with Crippen molar-refractivity contribution < 1.29 is 24.0 Å². The Morgan fingerprint density at radius 1 is 1.29 bits per heavy atom. The number of hydrogen-bond acceptors (Lipinski definition) is 7. The van der Waals surface area contributed by atoms with E-state index < -0.39 is 22.5 Å². The smallest absolute Gasteiger partial charge is 0.341 e. The molecule has 9 nitrogen and oxygen atoms in total. The highest BCUT2D eigenvalue weighted by atomic mass is 35.5. The second-order valence-corrected chi connectivity index (χ2v) is 7.28. The maximum atomic E-state index is 12.6. The van der Waals surface area contributed by atoms with Crippen molar-refractivity contribution in [1.29, 1.82) is 0 Å². The highest BCUT2D eigenvalue weighted by Gasteiger charge is 2.28. The first-order chi connectivity index (χ1) is 13.1.